The zero-order valence-corrected chi connectivity index (χ0v) is 7.80. The molecule has 0 radical (unpaired) electrons. The number of aldehydes is 1. The van der Waals surface area contributed by atoms with Crippen molar-refractivity contribution in [2.75, 3.05) is 0 Å². The third-order valence-corrected chi connectivity index (χ3v) is 2.60. The summed E-state index contributed by atoms with van der Waals surface area (Å²) in [5.74, 6) is -0.987. The van der Waals surface area contributed by atoms with Crippen molar-refractivity contribution in [2.45, 2.75) is 6.92 Å². The van der Waals surface area contributed by atoms with Gasteiger partial charge in [0, 0.05) is 11.0 Å². The fraction of sp³-hybridized carbons (Fsp3) is 0.111. The molecule has 1 rings (SSSR count). The maximum atomic E-state index is 10.4. The number of aryl methyl sites for hydroxylation is 1. The van der Waals surface area contributed by atoms with Gasteiger partial charge in [0.2, 0.25) is 0 Å². The minimum atomic E-state index is -0.987. The van der Waals surface area contributed by atoms with Crippen LogP contribution in [-0.2, 0) is 4.79 Å². The number of hydrogen-bond donors (Lipinski definition) is 1. The summed E-state index contributed by atoms with van der Waals surface area (Å²) in [5.41, 5.74) is 0.880. The number of carbonyl (C=O) groups excluding carboxylic acids is 1. The van der Waals surface area contributed by atoms with E-state index in [1.165, 1.54) is 17.4 Å². The molecule has 68 valence electrons. The van der Waals surface area contributed by atoms with E-state index in [9.17, 15) is 9.59 Å². The van der Waals surface area contributed by atoms with E-state index < -0.39 is 5.97 Å². The Morgan fingerprint density at radius 2 is 2.31 bits per heavy atom. The highest BCUT2D eigenvalue weighted by Gasteiger charge is 2.01. The minimum Gasteiger partial charge on any atom is -0.478 e. The monoisotopic (exact) mass is 196 g/mol. The molecule has 0 amide bonds. The van der Waals surface area contributed by atoms with Crippen LogP contribution in [0.25, 0.3) is 6.08 Å². The molecule has 0 aliphatic heterocycles. The molecule has 1 aromatic heterocycles. The van der Waals surface area contributed by atoms with Crippen LogP contribution in [0.5, 0.6) is 0 Å². The van der Waals surface area contributed by atoms with Gasteiger partial charge in [-0.25, -0.2) is 4.79 Å². The molecule has 13 heavy (non-hydrogen) atoms. The first-order valence-corrected chi connectivity index (χ1v) is 4.41. The van der Waals surface area contributed by atoms with Gasteiger partial charge in [-0.15, -0.1) is 11.3 Å². The van der Waals surface area contributed by atoms with Crippen LogP contribution in [0.1, 0.15) is 20.1 Å². The van der Waals surface area contributed by atoms with Gasteiger partial charge < -0.3 is 5.11 Å². The van der Waals surface area contributed by atoms with Crippen LogP contribution >= 0.6 is 11.3 Å². The number of carboxylic acid groups (broad SMARTS) is 1. The normalized spacial score (nSPS) is 10.5. The average Bonchev–Trinajstić information content (AvgIpc) is 2.43. The molecular weight excluding hydrogens is 188 g/mol. The Labute approximate surface area is 79.3 Å². The van der Waals surface area contributed by atoms with Gasteiger partial charge in [-0.2, -0.15) is 0 Å². The lowest BCUT2D eigenvalue weighted by Gasteiger charge is -1.79. The Bertz CT molecular complexity index is 363. The van der Waals surface area contributed by atoms with Crippen molar-refractivity contribution in [3.8, 4) is 0 Å². The molecule has 0 saturated heterocycles. The maximum Gasteiger partial charge on any atom is 0.328 e. The highest BCUT2D eigenvalue weighted by molar-refractivity contribution is 7.14. The molecule has 1 aromatic rings. The third kappa shape index (κ3) is 2.52. The van der Waals surface area contributed by atoms with Crippen LogP contribution in [0.2, 0.25) is 0 Å². The molecule has 0 aliphatic rings. The lowest BCUT2D eigenvalue weighted by Crippen LogP contribution is -1.84. The fourth-order valence-corrected chi connectivity index (χ4v) is 1.77. The van der Waals surface area contributed by atoms with Crippen molar-refractivity contribution in [2.24, 2.45) is 0 Å². The highest BCUT2D eigenvalue weighted by atomic mass is 32.1. The van der Waals surface area contributed by atoms with E-state index in [4.69, 9.17) is 5.11 Å². The molecule has 4 heteroatoms. The van der Waals surface area contributed by atoms with Crippen LogP contribution in [0, 0.1) is 6.92 Å². The van der Waals surface area contributed by atoms with Gasteiger partial charge in [-0.05, 0) is 24.6 Å². The van der Waals surface area contributed by atoms with E-state index >= 15 is 0 Å². The van der Waals surface area contributed by atoms with E-state index in [1.807, 2.05) is 6.92 Å². The molecule has 0 saturated carbocycles. The number of carbonyl (C=O) groups is 2. The fourth-order valence-electron chi connectivity index (χ4n) is 0.874. The zero-order valence-electron chi connectivity index (χ0n) is 6.98. The van der Waals surface area contributed by atoms with Gasteiger partial charge in [-0.3, -0.25) is 4.79 Å². The van der Waals surface area contributed by atoms with Crippen molar-refractivity contribution >= 4 is 29.7 Å². The van der Waals surface area contributed by atoms with E-state index in [-0.39, 0.29) is 0 Å². The summed E-state index contributed by atoms with van der Waals surface area (Å²) in [6.07, 6.45) is 3.31. The summed E-state index contributed by atoms with van der Waals surface area (Å²) in [7, 11) is 0. The van der Waals surface area contributed by atoms with Gasteiger partial charge in [-0.1, -0.05) is 0 Å². The van der Waals surface area contributed by atoms with Gasteiger partial charge in [0.15, 0.2) is 6.29 Å². The van der Waals surface area contributed by atoms with E-state index in [0.717, 1.165) is 22.8 Å². The van der Waals surface area contributed by atoms with Crippen molar-refractivity contribution < 1.29 is 14.7 Å². The van der Waals surface area contributed by atoms with Crippen LogP contribution in [0.15, 0.2) is 12.1 Å². The number of hydrogen-bond acceptors (Lipinski definition) is 3. The maximum absolute atomic E-state index is 10.4. The van der Waals surface area contributed by atoms with E-state index in [1.54, 1.807) is 6.07 Å². The average molecular weight is 196 g/mol. The van der Waals surface area contributed by atoms with Crippen molar-refractivity contribution in [3.63, 3.8) is 0 Å². The summed E-state index contributed by atoms with van der Waals surface area (Å²) >= 11 is 1.28. The first-order chi connectivity index (χ1) is 6.13. The van der Waals surface area contributed by atoms with E-state index in [0.29, 0.717) is 4.88 Å². The van der Waals surface area contributed by atoms with Crippen molar-refractivity contribution in [1.29, 1.82) is 0 Å². The topological polar surface area (TPSA) is 54.4 Å². The summed E-state index contributed by atoms with van der Waals surface area (Å²) in [6.45, 7) is 1.82. The molecule has 0 spiro atoms. The third-order valence-electron chi connectivity index (χ3n) is 1.47. The second-order valence-electron chi connectivity index (χ2n) is 2.49. The smallest absolute Gasteiger partial charge is 0.328 e. The first kappa shape index (κ1) is 9.67. The van der Waals surface area contributed by atoms with Crippen LogP contribution in [-0.4, -0.2) is 17.4 Å². The summed E-state index contributed by atoms with van der Waals surface area (Å²) in [5, 5.41) is 8.36. The Morgan fingerprint density at radius 3 is 2.77 bits per heavy atom. The van der Waals surface area contributed by atoms with Crippen LogP contribution < -0.4 is 0 Å². The molecule has 3 nitrogen and oxygen atoms in total. The zero-order chi connectivity index (χ0) is 9.84. The molecule has 0 fully saturated rings. The predicted molar refractivity (Wildman–Crippen MR) is 51.1 cm³/mol. The number of rotatable bonds is 3. The Morgan fingerprint density at radius 1 is 1.62 bits per heavy atom. The van der Waals surface area contributed by atoms with Crippen LogP contribution in [0.4, 0.5) is 0 Å². The lowest BCUT2D eigenvalue weighted by molar-refractivity contribution is -0.131. The molecule has 1 heterocycles. The Balaban J connectivity index is 2.91. The van der Waals surface area contributed by atoms with Crippen molar-refractivity contribution in [1.82, 2.24) is 0 Å². The molecular formula is C9H8O3S. The molecule has 0 bridgehead atoms. The summed E-state index contributed by atoms with van der Waals surface area (Å²) in [6, 6.07) is 1.79. The Kier molecular flexibility index (Phi) is 2.97. The molecule has 0 aliphatic carbocycles. The first-order valence-electron chi connectivity index (χ1n) is 3.60. The summed E-state index contributed by atoms with van der Waals surface area (Å²) in [4.78, 5) is 22.1. The lowest BCUT2D eigenvalue weighted by atomic mass is 10.3. The second-order valence-corrected chi connectivity index (χ2v) is 3.60. The van der Waals surface area contributed by atoms with Gasteiger partial charge >= 0.3 is 5.97 Å². The highest BCUT2D eigenvalue weighted by Crippen LogP contribution is 2.20. The molecule has 1 N–H and O–H groups in total. The Hall–Kier alpha value is -1.42. The van der Waals surface area contributed by atoms with Crippen molar-refractivity contribution in [3.05, 3.63) is 27.5 Å². The second kappa shape index (κ2) is 4.00. The van der Waals surface area contributed by atoms with Gasteiger partial charge in [0.05, 0.1) is 4.88 Å². The standard InChI is InChI=1S/C9H8O3S/c1-6-4-7(2-3-9(11)12)13-8(6)5-10/h2-5H,1H3,(H,11,12)/b3-2+. The minimum absolute atomic E-state index is 0.644. The number of thiophene rings is 1. The largest absolute Gasteiger partial charge is 0.478 e. The van der Waals surface area contributed by atoms with Gasteiger partial charge in [0.1, 0.15) is 0 Å². The van der Waals surface area contributed by atoms with Crippen LogP contribution in [0.3, 0.4) is 0 Å². The van der Waals surface area contributed by atoms with Gasteiger partial charge in [0.25, 0.3) is 0 Å². The molecule has 0 aromatic carbocycles. The SMILES string of the molecule is Cc1cc(/C=C/C(=O)O)sc1C=O. The molecule has 0 unspecified atom stereocenters. The number of carboxylic acids is 1. The quantitative estimate of drug-likeness (QED) is 0.594. The summed E-state index contributed by atoms with van der Waals surface area (Å²) < 4.78 is 0. The van der Waals surface area contributed by atoms with E-state index in [2.05, 4.69) is 0 Å². The predicted octanol–water partition coefficient (Wildman–Crippen LogP) is 1.97. The number of aliphatic carboxylic acids is 1. The molecule has 0 atom stereocenters.